The third-order valence-corrected chi connectivity index (χ3v) is 2.28. The highest BCUT2D eigenvalue weighted by molar-refractivity contribution is 5.76. The molecule has 9 heteroatoms. The molecule has 19 heavy (non-hydrogen) atoms. The van der Waals surface area contributed by atoms with Crippen molar-refractivity contribution in [3.8, 4) is 0 Å². The number of carbonyl (C=O) groups is 2. The summed E-state index contributed by atoms with van der Waals surface area (Å²) in [7, 11) is 0. The van der Waals surface area contributed by atoms with E-state index in [4.69, 9.17) is 9.84 Å². The van der Waals surface area contributed by atoms with Gasteiger partial charge in [-0.2, -0.15) is 0 Å². The van der Waals surface area contributed by atoms with Gasteiger partial charge in [-0.15, -0.1) is 5.10 Å². The van der Waals surface area contributed by atoms with Crippen molar-refractivity contribution in [2.75, 3.05) is 13.2 Å². The molecule has 0 aromatic carbocycles. The first kappa shape index (κ1) is 15.0. The summed E-state index contributed by atoms with van der Waals surface area (Å²) in [5, 5.41) is 19.5. The van der Waals surface area contributed by atoms with Gasteiger partial charge in [0.25, 0.3) is 0 Å². The second-order valence-corrected chi connectivity index (χ2v) is 3.99. The maximum Gasteiger partial charge on any atom is 0.505 e. The molecule has 106 valence electrons. The normalized spacial score (nSPS) is 12.1. The number of tetrazole rings is 1. The zero-order chi connectivity index (χ0) is 14.3. The average Bonchev–Trinajstić information content (AvgIpc) is 2.76. The highest BCUT2D eigenvalue weighted by Gasteiger charge is 2.14. The molecule has 0 spiro atoms. The van der Waals surface area contributed by atoms with Crippen LogP contribution in [-0.2, 0) is 20.9 Å². The monoisotopic (exact) mass is 272 g/mol. The summed E-state index contributed by atoms with van der Waals surface area (Å²) in [4.78, 5) is 21.0. The molecular weight excluding hydrogens is 256 g/mol. The molecule has 0 fully saturated rings. The molecule has 0 aliphatic rings. The number of nitrogens with zero attached hydrogens (tertiary/aromatic N) is 4. The Hall–Kier alpha value is -2.03. The number of hydrogen-bond donors (Lipinski definition) is 1. The van der Waals surface area contributed by atoms with Gasteiger partial charge in [-0.25, -0.2) is 9.48 Å². The van der Waals surface area contributed by atoms with Crippen LogP contribution in [0.4, 0.5) is 4.79 Å². The molecule has 1 heterocycles. The van der Waals surface area contributed by atoms with E-state index < -0.39 is 6.16 Å². The van der Waals surface area contributed by atoms with E-state index in [0.29, 0.717) is 12.2 Å². The Morgan fingerprint density at radius 3 is 2.84 bits per heavy atom. The minimum absolute atomic E-state index is 0.00334. The van der Waals surface area contributed by atoms with Gasteiger partial charge in [0.15, 0.2) is 11.6 Å². The number of Topliss-reactive ketones (excluding diaryl/α,β-unsaturated/α-hetero) is 1. The summed E-state index contributed by atoms with van der Waals surface area (Å²) in [6.45, 7) is 3.44. The van der Waals surface area contributed by atoms with Crippen LogP contribution in [0.15, 0.2) is 0 Å². The van der Waals surface area contributed by atoms with E-state index in [1.165, 1.54) is 11.6 Å². The number of hydrogen-bond acceptors (Lipinski definition) is 7. The molecule has 0 aliphatic heterocycles. The van der Waals surface area contributed by atoms with E-state index in [2.05, 4.69) is 20.3 Å². The quantitative estimate of drug-likeness (QED) is 0.677. The molecule has 1 aromatic heterocycles. The van der Waals surface area contributed by atoms with Crippen molar-refractivity contribution in [3.05, 3.63) is 5.82 Å². The maximum absolute atomic E-state index is 10.7. The average molecular weight is 272 g/mol. The summed E-state index contributed by atoms with van der Waals surface area (Å²) in [6, 6.07) is -0.134. The molecule has 0 saturated carbocycles. The SMILES string of the molecule is CC(=O)COCc1nnnn1[C@@H](C)CCOC(=O)O. The number of aromatic nitrogens is 4. The van der Waals surface area contributed by atoms with Crippen LogP contribution in [0.25, 0.3) is 0 Å². The Bertz CT molecular complexity index is 433. The molecule has 1 atom stereocenters. The Morgan fingerprint density at radius 2 is 2.21 bits per heavy atom. The third kappa shape index (κ3) is 5.42. The Kier molecular flexibility index (Phi) is 5.86. The summed E-state index contributed by atoms with van der Waals surface area (Å²) < 4.78 is 11.1. The Balaban J connectivity index is 2.46. The van der Waals surface area contributed by atoms with Crippen molar-refractivity contribution < 1.29 is 24.2 Å². The minimum atomic E-state index is -1.31. The van der Waals surface area contributed by atoms with Gasteiger partial charge in [-0.05, 0) is 24.3 Å². The van der Waals surface area contributed by atoms with Crippen LogP contribution in [-0.4, -0.2) is 50.5 Å². The molecule has 0 aliphatic carbocycles. The molecule has 1 rings (SSSR count). The van der Waals surface area contributed by atoms with Gasteiger partial charge >= 0.3 is 6.16 Å². The van der Waals surface area contributed by atoms with Gasteiger partial charge < -0.3 is 14.6 Å². The molecular formula is C10H16N4O5. The highest BCUT2D eigenvalue weighted by Crippen LogP contribution is 2.11. The van der Waals surface area contributed by atoms with E-state index in [1.54, 1.807) is 0 Å². The van der Waals surface area contributed by atoms with E-state index in [1.807, 2.05) is 6.92 Å². The first-order chi connectivity index (χ1) is 9.00. The fourth-order valence-electron chi connectivity index (χ4n) is 1.37. The predicted octanol–water partition coefficient (Wildman–Crippen LogP) is 0.424. The number of rotatable bonds is 8. The fraction of sp³-hybridized carbons (Fsp3) is 0.700. The Morgan fingerprint density at radius 1 is 1.47 bits per heavy atom. The largest absolute Gasteiger partial charge is 0.505 e. The third-order valence-electron chi connectivity index (χ3n) is 2.28. The lowest BCUT2D eigenvalue weighted by Crippen LogP contribution is -2.16. The summed E-state index contributed by atoms with van der Waals surface area (Å²) >= 11 is 0. The lowest BCUT2D eigenvalue weighted by atomic mass is 10.2. The van der Waals surface area contributed by atoms with Crippen LogP contribution in [0.5, 0.6) is 0 Å². The maximum atomic E-state index is 10.7. The molecule has 0 bridgehead atoms. The number of carbonyl (C=O) groups excluding carboxylic acids is 1. The van der Waals surface area contributed by atoms with Gasteiger partial charge in [0.2, 0.25) is 0 Å². The van der Waals surface area contributed by atoms with Crippen molar-refractivity contribution in [2.24, 2.45) is 0 Å². The van der Waals surface area contributed by atoms with Crippen LogP contribution in [0.1, 0.15) is 32.1 Å². The fourth-order valence-corrected chi connectivity index (χ4v) is 1.37. The molecule has 0 saturated heterocycles. The van der Waals surface area contributed by atoms with Crippen molar-refractivity contribution in [1.29, 1.82) is 0 Å². The molecule has 1 N–H and O–H groups in total. The first-order valence-electron chi connectivity index (χ1n) is 5.70. The minimum Gasteiger partial charge on any atom is -0.450 e. The second-order valence-electron chi connectivity index (χ2n) is 3.99. The summed E-state index contributed by atoms with van der Waals surface area (Å²) in [5.74, 6) is 0.394. The van der Waals surface area contributed by atoms with Crippen LogP contribution >= 0.6 is 0 Å². The van der Waals surface area contributed by atoms with Crippen molar-refractivity contribution in [3.63, 3.8) is 0 Å². The second kappa shape index (κ2) is 7.41. The molecule has 1 aromatic rings. The van der Waals surface area contributed by atoms with Gasteiger partial charge in [0.05, 0.1) is 12.6 Å². The van der Waals surface area contributed by atoms with Crippen LogP contribution in [0, 0.1) is 0 Å². The van der Waals surface area contributed by atoms with E-state index in [-0.39, 0.29) is 31.6 Å². The van der Waals surface area contributed by atoms with Gasteiger partial charge in [0.1, 0.15) is 13.2 Å². The summed E-state index contributed by atoms with van der Waals surface area (Å²) in [5.41, 5.74) is 0. The zero-order valence-corrected chi connectivity index (χ0v) is 10.8. The lowest BCUT2D eigenvalue weighted by molar-refractivity contribution is -0.121. The number of ketones is 1. The van der Waals surface area contributed by atoms with Crippen LogP contribution < -0.4 is 0 Å². The zero-order valence-electron chi connectivity index (χ0n) is 10.8. The van der Waals surface area contributed by atoms with Crippen molar-refractivity contribution >= 4 is 11.9 Å². The predicted molar refractivity (Wildman–Crippen MR) is 61.5 cm³/mol. The van der Waals surface area contributed by atoms with E-state index in [9.17, 15) is 9.59 Å². The summed E-state index contributed by atoms with van der Waals surface area (Å²) in [6.07, 6.45) is -0.870. The van der Waals surface area contributed by atoms with Crippen molar-refractivity contribution in [1.82, 2.24) is 20.2 Å². The van der Waals surface area contributed by atoms with Gasteiger partial charge in [0, 0.05) is 6.42 Å². The molecule has 0 radical (unpaired) electrons. The van der Waals surface area contributed by atoms with Crippen LogP contribution in [0.3, 0.4) is 0 Å². The lowest BCUT2D eigenvalue weighted by Gasteiger charge is -2.12. The molecule has 0 amide bonds. The molecule has 0 unspecified atom stereocenters. The molecule has 9 nitrogen and oxygen atoms in total. The first-order valence-corrected chi connectivity index (χ1v) is 5.70. The highest BCUT2D eigenvalue weighted by atomic mass is 16.7. The van der Waals surface area contributed by atoms with Gasteiger partial charge in [-0.1, -0.05) is 0 Å². The van der Waals surface area contributed by atoms with Crippen LogP contribution in [0.2, 0.25) is 0 Å². The standard InChI is InChI=1S/C10H16N4O5/c1-7(3-4-19-10(16)17)14-9(11-12-13-14)6-18-5-8(2)15/h7H,3-6H2,1-2H3,(H,16,17)/t7-/m0/s1. The topological polar surface area (TPSA) is 116 Å². The van der Waals surface area contributed by atoms with E-state index in [0.717, 1.165) is 0 Å². The number of ether oxygens (including phenoxy) is 2. The van der Waals surface area contributed by atoms with Crippen molar-refractivity contribution in [2.45, 2.75) is 32.9 Å². The van der Waals surface area contributed by atoms with E-state index >= 15 is 0 Å². The van der Waals surface area contributed by atoms with Gasteiger partial charge in [-0.3, -0.25) is 4.79 Å². The number of carboxylic acid groups (broad SMARTS) is 1. The smallest absolute Gasteiger partial charge is 0.450 e. The Labute approximate surface area is 109 Å².